The third-order valence-corrected chi connectivity index (χ3v) is 3.91. The molecule has 0 radical (unpaired) electrons. The van der Waals surface area contributed by atoms with E-state index in [2.05, 4.69) is 35.1 Å². The minimum Gasteiger partial charge on any atom is -0.310 e. The average Bonchev–Trinajstić information content (AvgIpc) is 2.36. The molecule has 1 atom stereocenters. The van der Waals surface area contributed by atoms with Crippen LogP contribution in [-0.2, 0) is 6.54 Å². The zero-order valence-electron chi connectivity index (χ0n) is 11.3. The van der Waals surface area contributed by atoms with Crippen LogP contribution in [0, 0.1) is 5.82 Å². The van der Waals surface area contributed by atoms with Crippen molar-refractivity contribution >= 4 is 15.9 Å². The van der Waals surface area contributed by atoms with Gasteiger partial charge in [-0.2, -0.15) is 0 Å². The van der Waals surface area contributed by atoms with Gasteiger partial charge in [0, 0.05) is 17.1 Å². The molecule has 0 bridgehead atoms. The monoisotopic (exact) mass is 315 g/mol. The van der Waals surface area contributed by atoms with Crippen LogP contribution in [-0.4, -0.2) is 6.04 Å². The Hall–Kier alpha value is -0.410. The predicted molar refractivity (Wildman–Crippen MR) is 79.2 cm³/mol. The Morgan fingerprint density at radius 3 is 2.78 bits per heavy atom. The molecule has 102 valence electrons. The topological polar surface area (TPSA) is 12.0 Å². The fraction of sp³-hybridized carbons (Fsp3) is 0.600. The Balaban J connectivity index is 2.29. The summed E-state index contributed by atoms with van der Waals surface area (Å²) in [6, 6.07) is 5.30. The lowest BCUT2D eigenvalue weighted by Gasteiger charge is -2.14. The lowest BCUT2D eigenvalue weighted by molar-refractivity contribution is 0.481. The maximum atomic E-state index is 13.1. The molecule has 0 saturated carbocycles. The Labute approximate surface area is 118 Å². The highest BCUT2D eigenvalue weighted by Crippen LogP contribution is 2.18. The van der Waals surface area contributed by atoms with E-state index in [1.54, 1.807) is 12.1 Å². The van der Waals surface area contributed by atoms with E-state index in [9.17, 15) is 4.39 Å². The third-order valence-electron chi connectivity index (χ3n) is 3.14. The summed E-state index contributed by atoms with van der Waals surface area (Å²) in [6.07, 6.45) is 6.37. The first-order valence-electron chi connectivity index (χ1n) is 6.80. The van der Waals surface area contributed by atoms with Gasteiger partial charge in [0.15, 0.2) is 0 Å². The van der Waals surface area contributed by atoms with Crippen LogP contribution < -0.4 is 5.32 Å². The highest BCUT2D eigenvalue weighted by molar-refractivity contribution is 9.10. The van der Waals surface area contributed by atoms with Gasteiger partial charge in [-0.1, -0.05) is 48.5 Å². The highest BCUT2D eigenvalue weighted by Gasteiger charge is 2.05. The molecule has 0 aromatic heterocycles. The molecule has 1 rings (SSSR count). The Morgan fingerprint density at radius 2 is 2.06 bits per heavy atom. The van der Waals surface area contributed by atoms with Crippen LogP contribution in [0.15, 0.2) is 22.7 Å². The van der Waals surface area contributed by atoms with Crippen molar-refractivity contribution in [3.8, 4) is 0 Å². The minimum absolute atomic E-state index is 0.175. The van der Waals surface area contributed by atoms with Crippen molar-refractivity contribution in [3.05, 3.63) is 34.1 Å². The van der Waals surface area contributed by atoms with Gasteiger partial charge >= 0.3 is 0 Å². The van der Waals surface area contributed by atoms with Gasteiger partial charge < -0.3 is 5.32 Å². The van der Waals surface area contributed by atoms with E-state index in [-0.39, 0.29) is 5.82 Å². The van der Waals surface area contributed by atoms with Gasteiger partial charge in [-0.25, -0.2) is 4.39 Å². The maximum Gasteiger partial charge on any atom is 0.123 e. The Kier molecular flexibility index (Phi) is 7.52. The lowest BCUT2D eigenvalue weighted by Crippen LogP contribution is -2.25. The predicted octanol–water partition coefficient (Wildman–Crippen LogP) is 5.04. The average molecular weight is 316 g/mol. The molecule has 0 amide bonds. The van der Waals surface area contributed by atoms with Crippen LogP contribution in [0.1, 0.15) is 51.5 Å². The molecule has 1 aromatic rings. The van der Waals surface area contributed by atoms with Gasteiger partial charge in [0.25, 0.3) is 0 Å². The van der Waals surface area contributed by atoms with Crippen LogP contribution in [0.5, 0.6) is 0 Å². The fourth-order valence-corrected chi connectivity index (χ4v) is 2.33. The van der Waals surface area contributed by atoms with Crippen molar-refractivity contribution in [3.63, 3.8) is 0 Å². The van der Waals surface area contributed by atoms with Crippen molar-refractivity contribution in [2.45, 2.75) is 58.5 Å². The van der Waals surface area contributed by atoms with E-state index in [0.717, 1.165) is 10.0 Å². The van der Waals surface area contributed by atoms with Crippen molar-refractivity contribution in [1.29, 1.82) is 0 Å². The molecule has 0 aliphatic carbocycles. The van der Waals surface area contributed by atoms with Crippen molar-refractivity contribution in [2.24, 2.45) is 0 Å². The molecule has 0 saturated heterocycles. The summed E-state index contributed by atoms with van der Waals surface area (Å²) < 4.78 is 14.1. The van der Waals surface area contributed by atoms with Crippen LogP contribution >= 0.6 is 15.9 Å². The molecular formula is C15H23BrFN. The first kappa shape index (κ1) is 15.6. The molecule has 0 aliphatic rings. The second-order valence-corrected chi connectivity index (χ2v) is 5.72. The molecule has 0 heterocycles. The molecular weight excluding hydrogens is 293 g/mol. The fourth-order valence-electron chi connectivity index (χ4n) is 1.94. The molecule has 0 aliphatic heterocycles. The van der Waals surface area contributed by atoms with Gasteiger partial charge in [0.2, 0.25) is 0 Å². The molecule has 18 heavy (non-hydrogen) atoms. The normalized spacial score (nSPS) is 12.7. The first-order chi connectivity index (χ1) is 8.63. The van der Waals surface area contributed by atoms with E-state index in [1.165, 1.54) is 38.2 Å². The Morgan fingerprint density at radius 1 is 1.28 bits per heavy atom. The van der Waals surface area contributed by atoms with Gasteiger partial charge in [0.05, 0.1) is 0 Å². The molecule has 1 unspecified atom stereocenters. The minimum atomic E-state index is -0.175. The first-order valence-corrected chi connectivity index (χ1v) is 7.60. The van der Waals surface area contributed by atoms with Crippen molar-refractivity contribution in [1.82, 2.24) is 5.32 Å². The molecule has 1 nitrogen and oxygen atoms in total. The SMILES string of the molecule is CCCCCCC(C)NCc1cc(F)ccc1Br. The number of hydrogen-bond acceptors (Lipinski definition) is 1. The summed E-state index contributed by atoms with van der Waals surface area (Å²) in [5.74, 6) is -0.175. The van der Waals surface area contributed by atoms with Gasteiger partial charge in [-0.15, -0.1) is 0 Å². The second kappa shape index (κ2) is 8.65. The van der Waals surface area contributed by atoms with E-state index in [4.69, 9.17) is 0 Å². The quantitative estimate of drug-likeness (QED) is 0.663. The van der Waals surface area contributed by atoms with Crippen LogP contribution in [0.4, 0.5) is 4.39 Å². The van der Waals surface area contributed by atoms with Crippen LogP contribution in [0.2, 0.25) is 0 Å². The second-order valence-electron chi connectivity index (χ2n) is 4.87. The van der Waals surface area contributed by atoms with Crippen LogP contribution in [0.25, 0.3) is 0 Å². The standard InChI is InChI=1S/C15H23BrFN/c1-3-4-5-6-7-12(2)18-11-13-10-14(17)8-9-15(13)16/h8-10,12,18H,3-7,11H2,1-2H3. The zero-order valence-corrected chi connectivity index (χ0v) is 12.9. The summed E-state index contributed by atoms with van der Waals surface area (Å²) in [4.78, 5) is 0. The van der Waals surface area contributed by atoms with Crippen molar-refractivity contribution < 1.29 is 4.39 Å². The van der Waals surface area contributed by atoms with Crippen LogP contribution in [0.3, 0.4) is 0 Å². The number of unbranched alkanes of at least 4 members (excludes halogenated alkanes) is 3. The summed E-state index contributed by atoms with van der Waals surface area (Å²) in [5.41, 5.74) is 0.982. The highest BCUT2D eigenvalue weighted by atomic mass is 79.9. The number of rotatable bonds is 8. The van der Waals surface area contributed by atoms with Gasteiger partial charge in [0.1, 0.15) is 5.82 Å². The summed E-state index contributed by atoms with van der Waals surface area (Å²) in [5, 5.41) is 3.45. The molecule has 1 aromatic carbocycles. The molecule has 1 N–H and O–H groups in total. The van der Waals surface area contributed by atoms with Gasteiger partial charge in [-0.3, -0.25) is 0 Å². The van der Waals surface area contributed by atoms with E-state index >= 15 is 0 Å². The van der Waals surface area contributed by atoms with E-state index in [0.29, 0.717) is 12.6 Å². The number of hydrogen-bond donors (Lipinski definition) is 1. The summed E-state index contributed by atoms with van der Waals surface area (Å²) in [6.45, 7) is 5.13. The summed E-state index contributed by atoms with van der Waals surface area (Å²) in [7, 11) is 0. The largest absolute Gasteiger partial charge is 0.310 e. The summed E-state index contributed by atoms with van der Waals surface area (Å²) >= 11 is 3.45. The molecule has 3 heteroatoms. The Bertz CT molecular complexity index is 354. The van der Waals surface area contributed by atoms with Gasteiger partial charge in [-0.05, 0) is 37.1 Å². The number of halogens is 2. The zero-order chi connectivity index (χ0) is 13.4. The maximum absolute atomic E-state index is 13.1. The van der Waals surface area contributed by atoms with Crippen molar-refractivity contribution in [2.75, 3.05) is 0 Å². The lowest BCUT2D eigenvalue weighted by atomic mass is 10.1. The van der Waals surface area contributed by atoms with E-state index in [1.807, 2.05) is 0 Å². The third kappa shape index (κ3) is 5.96. The van der Waals surface area contributed by atoms with E-state index < -0.39 is 0 Å². The molecule has 0 fully saturated rings. The molecule has 0 spiro atoms. The smallest absolute Gasteiger partial charge is 0.123 e. The number of nitrogens with one attached hydrogen (secondary N) is 1. The number of benzene rings is 1.